The van der Waals surface area contributed by atoms with Gasteiger partial charge in [0.25, 0.3) is 0 Å². The highest BCUT2D eigenvalue weighted by atomic mass is 35.5. The molecule has 0 aromatic heterocycles. The van der Waals surface area contributed by atoms with Crippen LogP contribution in [0.25, 0.3) is 5.57 Å². The van der Waals surface area contributed by atoms with Crippen LogP contribution in [0.2, 0.25) is 15.1 Å². The van der Waals surface area contributed by atoms with Crippen LogP contribution in [-0.4, -0.2) is 26.4 Å². The van der Waals surface area contributed by atoms with Crippen LogP contribution >= 0.6 is 34.8 Å². The number of phenols is 3. The van der Waals surface area contributed by atoms with Crippen LogP contribution in [0.5, 0.6) is 28.7 Å². The highest BCUT2D eigenvalue weighted by Gasteiger charge is 2.29. The number of aromatic carboxylic acids is 1. The fraction of sp³-hybridized carbons (Fsp3) is 0.211. The van der Waals surface area contributed by atoms with Gasteiger partial charge in [-0.1, -0.05) is 40.9 Å². The summed E-state index contributed by atoms with van der Waals surface area (Å²) in [6.07, 6.45) is 1.66. The molecule has 0 unspecified atom stereocenters. The average molecular weight is 448 g/mol. The average Bonchev–Trinajstić information content (AvgIpc) is 2.65. The Hall–Kier alpha value is -2.28. The van der Waals surface area contributed by atoms with E-state index in [0.29, 0.717) is 5.57 Å². The molecule has 150 valence electrons. The second kappa shape index (κ2) is 7.99. The molecule has 0 spiro atoms. The summed E-state index contributed by atoms with van der Waals surface area (Å²) in [4.78, 5) is 11.8. The van der Waals surface area contributed by atoms with Gasteiger partial charge >= 0.3 is 5.97 Å². The van der Waals surface area contributed by atoms with Crippen molar-refractivity contribution in [2.24, 2.45) is 0 Å². The molecule has 2 rings (SSSR count). The molecule has 4 N–H and O–H groups in total. The van der Waals surface area contributed by atoms with Crippen molar-refractivity contribution in [3.63, 3.8) is 0 Å². The van der Waals surface area contributed by atoms with Crippen LogP contribution in [-0.2, 0) is 0 Å². The second-order valence-electron chi connectivity index (χ2n) is 6.02. The molecule has 0 bridgehead atoms. The molecule has 0 aliphatic heterocycles. The quantitative estimate of drug-likeness (QED) is 0.438. The van der Waals surface area contributed by atoms with Gasteiger partial charge in [-0.3, -0.25) is 0 Å². The lowest BCUT2D eigenvalue weighted by atomic mass is 10.0. The van der Waals surface area contributed by atoms with Crippen molar-refractivity contribution in [2.75, 3.05) is 0 Å². The van der Waals surface area contributed by atoms with E-state index in [1.807, 2.05) is 0 Å². The minimum atomic E-state index is -1.40. The minimum absolute atomic E-state index is 0.0237. The van der Waals surface area contributed by atoms with Gasteiger partial charge < -0.3 is 25.2 Å². The Morgan fingerprint density at radius 3 is 1.93 bits per heavy atom. The van der Waals surface area contributed by atoms with Crippen LogP contribution in [0.1, 0.15) is 40.9 Å². The smallest absolute Gasteiger partial charge is 0.339 e. The van der Waals surface area contributed by atoms with Gasteiger partial charge in [-0.05, 0) is 38.8 Å². The first-order valence-corrected chi connectivity index (χ1v) is 9.07. The molecule has 28 heavy (non-hydrogen) atoms. The summed E-state index contributed by atoms with van der Waals surface area (Å²) in [5.74, 6) is -3.41. The number of carbonyl (C=O) groups is 1. The maximum absolute atomic E-state index is 11.8. The zero-order chi connectivity index (χ0) is 21.5. The Balaban J connectivity index is 2.93. The molecule has 0 saturated heterocycles. The van der Waals surface area contributed by atoms with E-state index in [1.165, 1.54) is 13.8 Å². The lowest BCUT2D eigenvalue weighted by Crippen LogP contribution is -2.06. The van der Waals surface area contributed by atoms with Crippen molar-refractivity contribution in [3.05, 3.63) is 43.4 Å². The Bertz CT molecular complexity index is 1030. The van der Waals surface area contributed by atoms with Gasteiger partial charge in [-0.2, -0.15) is 0 Å². The van der Waals surface area contributed by atoms with Crippen LogP contribution in [0.15, 0.2) is 6.08 Å². The molecule has 6 nitrogen and oxygen atoms in total. The fourth-order valence-electron chi connectivity index (χ4n) is 2.61. The van der Waals surface area contributed by atoms with Crippen molar-refractivity contribution in [3.8, 4) is 28.7 Å². The maximum atomic E-state index is 11.8. The minimum Gasteiger partial charge on any atom is -0.506 e. The summed E-state index contributed by atoms with van der Waals surface area (Å²) in [7, 11) is 0. The summed E-state index contributed by atoms with van der Waals surface area (Å²) in [5.41, 5.74) is 0.336. The topological polar surface area (TPSA) is 107 Å². The lowest BCUT2D eigenvalue weighted by molar-refractivity contribution is 0.0693. The van der Waals surface area contributed by atoms with E-state index in [9.17, 15) is 25.2 Å². The summed E-state index contributed by atoms with van der Waals surface area (Å²) in [5, 5.41) is 39.7. The van der Waals surface area contributed by atoms with Gasteiger partial charge in [0.05, 0.1) is 10.0 Å². The number of halogens is 3. The molecule has 2 aromatic carbocycles. The molecule has 0 heterocycles. The first kappa shape index (κ1) is 22.0. The summed E-state index contributed by atoms with van der Waals surface area (Å²) >= 11 is 18.3. The standard InChI is InChI=1S/C19H17Cl3O6/c1-5-6(2)9-12(21)14(23)8(4)15(24)18(9)28-17-10(19(26)27)7(3)11(20)16(25)13(17)22/h5,23-25H,1-4H3,(H,26,27)/b6-5+. The molecule has 9 heteroatoms. The first-order valence-electron chi connectivity index (χ1n) is 7.94. The molecule has 0 fully saturated rings. The number of carboxylic acid groups (broad SMARTS) is 1. The highest BCUT2D eigenvalue weighted by molar-refractivity contribution is 6.39. The van der Waals surface area contributed by atoms with E-state index >= 15 is 0 Å². The van der Waals surface area contributed by atoms with Gasteiger partial charge in [-0.25, -0.2) is 4.79 Å². The molecule has 0 amide bonds. The molecular weight excluding hydrogens is 431 g/mol. The number of hydrogen-bond donors (Lipinski definition) is 4. The number of ether oxygens (including phenoxy) is 1. The Kier molecular flexibility index (Phi) is 6.28. The maximum Gasteiger partial charge on any atom is 0.339 e. The van der Waals surface area contributed by atoms with E-state index in [4.69, 9.17) is 39.5 Å². The molecule has 2 aromatic rings. The number of allylic oxidation sites excluding steroid dienone is 2. The van der Waals surface area contributed by atoms with E-state index < -0.39 is 33.8 Å². The van der Waals surface area contributed by atoms with E-state index in [-0.39, 0.29) is 38.2 Å². The van der Waals surface area contributed by atoms with Gasteiger partial charge in [0.1, 0.15) is 16.3 Å². The van der Waals surface area contributed by atoms with Crippen LogP contribution < -0.4 is 4.74 Å². The monoisotopic (exact) mass is 446 g/mol. The molecule has 0 saturated carbocycles. The highest BCUT2D eigenvalue weighted by Crippen LogP contribution is 2.52. The predicted octanol–water partition coefficient (Wildman–Crippen LogP) is 6.29. The fourth-order valence-corrected chi connectivity index (χ4v) is 3.45. The third-order valence-electron chi connectivity index (χ3n) is 4.37. The van der Waals surface area contributed by atoms with Crippen LogP contribution in [0.4, 0.5) is 0 Å². The van der Waals surface area contributed by atoms with Crippen molar-refractivity contribution < 1.29 is 30.0 Å². The Morgan fingerprint density at radius 2 is 1.43 bits per heavy atom. The number of carboxylic acids is 1. The van der Waals surface area contributed by atoms with Gasteiger partial charge in [0, 0.05) is 11.1 Å². The predicted molar refractivity (Wildman–Crippen MR) is 109 cm³/mol. The zero-order valence-electron chi connectivity index (χ0n) is 15.3. The number of phenolic OH excluding ortho intramolecular Hbond substituents is 3. The second-order valence-corrected chi connectivity index (χ2v) is 7.16. The van der Waals surface area contributed by atoms with Crippen LogP contribution in [0, 0.1) is 13.8 Å². The zero-order valence-corrected chi connectivity index (χ0v) is 17.6. The van der Waals surface area contributed by atoms with E-state index in [2.05, 4.69) is 0 Å². The molecular formula is C19H17Cl3O6. The molecule has 0 radical (unpaired) electrons. The lowest BCUT2D eigenvalue weighted by Gasteiger charge is -2.21. The van der Waals surface area contributed by atoms with Crippen molar-refractivity contribution >= 4 is 46.3 Å². The molecule has 0 aliphatic carbocycles. The summed E-state index contributed by atoms with van der Waals surface area (Å²) in [6.45, 7) is 6.15. The number of rotatable bonds is 4. The van der Waals surface area contributed by atoms with Crippen molar-refractivity contribution in [1.82, 2.24) is 0 Å². The largest absolute Gasteiger partial charge is 0.506 e. The van der Waals surface area contributed by atoms with Gasteiger partial charge in [0.15, 0.2) is 23.0 Å². The first-order chi connectivity index (χ1) is 12.9. The van der Waals surface area contributed by atoms with E-state index in [1.54, 1.807) is 19.9 Å². The van der Waals surface area contributed by atoms with Gasteiger partial charge in [0.2, 0.25) is 0 Å². The Morgan fingerprint density at radius 1 is 0.857 bits per heavy atom. The van der Waals surface area contributed by atoms with Crippen molar-refractivity contribution in [1.29, 1.82) is 0 Å². The molecule has 0 atom stereocenters. The van der Waals surface area contributed by atoms with E-state index in [0.717, 1.165) is 0 Å². The third-order valence-corrected chi connectivity index (χ3v) is 5.55. The van der Waals surface area contributed by atoms with Gasteiger partial charge in [-0.15, -0.1) is 0 Å². The summed E-state index contributed by atoms with van der Waals surface area (Å²) < 4.78 is 5.70. The number of benzene rings is 2. The Labute approximate surface area is 176 Å². The number of aromatic hydroxyl groups is 3. The van der Waals surface area contributed by atoms with Crippen molar-refractivity contribution in [2.45, 2.75) is 27.7 Å². The number of hydrogen-bond acceptors (Lipinski definition) is 5. The van der Waals surface area contributed by atoms with Crippen LogP contribution in [0.3, 0.4) is 0 Å². The normalized spacial score (nSPS) is 11.6. The molecule has 0 aliphatic rings. The SMILES string of the molecule is C/C=C(\C)c1c(Cl)c(O)c(C)c(O)c1Oc1c(Cl)c(O)c(Cl)c(C)c1C(=O)O. The summed E-state index contributed by atoms with van der Waals surface area (Å²) in [6, 6.07) is 0. The third kappa shape index (κ3) is 3.43.